The molecule has 0 bridgehead atoms. The van der Waals surface area contributed by atoms with Crippen molar-refractivity contribution in [1.29, 1.82) is 0 Å². The van der Waals surface area contributed by atoms with Crippen LogP contribution in [0.4, 0.5) is 5.82 Å². The van der Waals surface area contributed by atoms with Crippen molar-refractivity contribution < 1.29 is 0 Å². The zero-order chi connectivity index (χ0) is 14.1. The first-order valence-corrected chi connectivity index (χ1v) is 7.18. The first kappa shape index (κ1) is 13.2. The Balaban J connectivity index is 2.09. The molecular weight excluding hydrogens is 338 g/mol. The number of benzene rings is 2. The molecule has 0 atom stereocenters. The molecule has 0 saturated carbocycles. The number of hydrogen-bond donors (Lipinski definition) is 1. The highest BCUT2D eigenvalue weighted by Crippen LogP contribution is 2.31. The molecule has 0 amide bonds. The van der Waals surface area contributed by atoms with Crippen LogP contribution in [-0.2, 0) is 0 Å². The van der Waals surface area contributed by atoms with Gasteiger partial charge < -0.3 is 5.73 Å². The number of para-hydroxylation sites is 1. The lowest BCUT2D eigenvalue weighted by atomic mass is 10.1. The van der Waals surface area contributed by atoms with E-state index in [0.717, 1.165) is 21.4 Å². The quantitative estimate of drug-likeness (QED) is 0.739. The molecule has 100 valence electrons. The standard InChI is InChI=1S/C15H11BrClN3/c16-13-8-10(17)6-7-12(13)14-9-15(18)20(19-14)11-4-2-1-3-5-11/h1-9H,18H2. The topological polar surface area (TPSA) is 43.8 Å². The normalized spacial score (nSPS) is 10.7. The third-order valence-corrected chi connectivity index (χ3v) is 3.84. The van der Waals surface area contributed by atoms with E-state index in [-0.39, 0.29) is 0 Å². The predicted octanol–water partition coefficient (Wildman–Crippen LogP) is 4.54. The summed E-state index contributed by atoms with van der Waals surface area (Å²) < 4.78 is 2.61. The molecule has 3 aromatic rings. The van der Waals surface area contributed by atoms with Gasteiger partial charge in [-0.15, -0.1) is 0 Å². The molecule has 5 heteroatoms. The lowest BCUT2D eigenvalue weighted by molar-refractivity contribution is 0.895. The number of nitrogens with zero attached hydrogens (tertiary/aromatic N) is 2. The van der Waals surface area contributed by atoms with E-state index in [9.17, 15) is 0 Å². The van der Waals surface area contributed by atoms with Crippen molar-refractivity contribution in [2.75, 3.05) is 5.73 Å². The fourth-order valence-corrected chi connectivity index (χ4v) is 2.89. The Labute approximate surface area is 130 Å². The number of nitrogen functional groups attached to an aromatic ring is 1. The molecule has 20 heavy (non-hydrogen) atoms. The summed E-state index contributed by atoms with van der Waals surface area (Å²) in [5, 5.41) is 5.24. The van der Waals surface area contributed by atoms with Crippen LogP contribution in [0.2, 0.25) is 5.02 Å². The first-order valence-electron chi connectivity index (χ1n) is 6.01. The Morgan fingerprint density at radius 2 is 1.80 bits per heavy atom. The summed E-state index contributed by atoms with van der Waals surface area (Å²) in [5.74, 6) is 0.591. The van der Waals surface area contributed by atoms with Crippen LogP contribution in [0, 0.1) is 0 Å². The number of halogens is 2. The summed E-state index contributed by atoms with van der Waals surface area (Å²) in [6, 6.07) is 17.2. The summed E-state index contributed by atoms with van der Waals surface area (Å²) in [6.45, 7) is 0. The van der Waals surface area contributed by atoms with Gasteiger partial charge in [0.2, 0.25) is 0 Å². The summed E-state index contributed by atoms with van der Waals surface area (Å²) in [5.41, 5.74) is 8.74. The molecule has 1 aromatic heterocycles. The van der Waals surface area contributed by atoms with Crippen LogP contribution in [0.25, 0.3) is 16.9 Å². The van der Waals surface area contributed by atoms with Crippen LogP contribution >= 0.6 is 27.5 Å². The van der Waals surface area contributed by atoms with Crippen LogP contribution in [0.1, 0.15) is 0 Å². The van der Waals surface area contributed by atoms with Crippen molar-refractivity contribution in [2.45, 2.75) is 0 Å². The average Bonchev–Trinajstić information content (AvgIpc) is 2.81. The van der Waals surface area contributed by atoms with Gasteiger partial charge in [0.15, 0.2) is 0 Å². The van der Waals surface area contributed by atoms with Gasteiger partial charge in [0.05, 0.1) is 11.4 Å². The minimum Gasteiger partial charge on any atom is -0.384 e. The number of nitrogens with two attached hydrogens (primary N) is 1. The minimum absolute atomic E-state index is 0.591. The molecule has 0 spiro atoms. The molecule has 0 radical (unpaired) electrons. The Kier molecular flexibility index (Phi) is 3.51. The Morgan fingerprint density at radius 3 is 2.50 bits per heavy atom. The van der Waals surface area contributed by atoms with Gasteiger partial charge in [0.25, 0.3) is 0 Å². The monoisotopic (exact) mass is 347 g/mol. The van der Waals surface area contributed by atoms with Gasteiger partial charge in [-0.3, -0.25) is 0 Å². The van der Waals surface area contributed by atoms with Gasteiger partial charge in [-0.25, -0.2) is 4.68 Å². The molecule has 3 rings (SSSR count). The maximum Gasteiger partial charge on any atom is 0.127 e. The molecule has 0 saturated heterocycles. The predicted molar refractivity (Wildman–Crippen MR) is 86.1 cm³/mol. The molecule has 0 fully saturated rings. The van der Waals surface area contributed by atoms with E-state index in [2.05, 4.69) is 21.0 Å². The van der Waals surface area contributed by atoms with Crippen LogP contribution in [-0.4, -0.2) is 9.78 Å². The van der Waals surface area contributed by atoms with E-state index >= 15 is 0 Å². The summed E-state index contributed by atoms with van der Waals surface area (Å²) in [7, 11) is 0. The van der Waals surface area contributed by atoms with Crippen LogP contribution < -0.4 is 5.73 Å². The molecule has 2 aromatic carbocycles. The van der Waals surface area contributed by atoms with E-state index in [1.165, 1.54) is 0 Å². The maximum absolute atomic E-state index is 6.05. The molecular formula is C15H11BrClN3. The van der Waals surface area contributed by atoms with Crippen molar-refractivity contribution >= 4 is 33.3 Å². The summed E-state index contributed by atoms with van der Waals surface area (Å²) >= 11 is 9.46. The van der Waals surface area contributed by atoms with Crippen molar-refractivity contribution in [3.8, 4) is 16.9 Å². The van der Waals surface area contributed by atoms with Gasteiger partial charge in [0, 0.05) is 21.1 Å². The highest BCUT2D eigenvalue weighted by atomic mass is 79.9. The van der Waals surface area contributed by atoms with Gasteiger partial charge >= 0.3 is 0 Å². The molecule has 1 heterocycles. The molecule has 0 aliphatic carbocycles. The van der Waals surface area contributed by atoms with Gasteiger partial charge in [-0.1, -0.05) is 51.8 Å². The Bertz CT molecular complexity index is 753. The Morgan fingerprint density at radius 1 is 1.05 bits per heavy atom. The van der Waals surface area contributed by atoms with Crippen molar-refractivity contribution in [3.05, 3.63) is 64.1 Å². The van der Waals surface area contributed by atoms with E-state index < -0.39 is 0 Å². The second-order valence-electron chi connectivity index (χ2n) is 4.33. The summed E-state index contributed by atoms with van der Waals surface area (Å²) in [4.78, 5) is 0. The first-order chi connectivity index (χ1) is 9.65. The Hall–Kier alpha value is -1.78. The fourth-order valence-electron chi connectivity index (χ4n) is 2.00. The van der Waals surface area contributed by atoms with E-state index in [4.69, 9.17) is 17.3 Å². The van der Waals surface area contributed by atoms with Crippen molar-refractivity contribution in [3.63, 3.8) is 0 Å². The fraction of sp³-hybridized carbons (Fsp3) is 0. The highest BCUT2D eigenvalue weighted by molar-refractivity contribution is 9.10. The number of rotatable bonds is 2. The smallest absolute Gasteiger partial charge is 0.127 e. The van der Waals surface area contributed by atoms with Crippen LogP contribution in [0.3, 0.4) is 0 Å². The van der Waals surface area contributed by atoms with Gasteiger partial charge in [0.1, 0.15) is 5.82 Å². The maximum atomic E-state index is 6.05. The second kappa shape index (κ2) is 5.31. The van der Waals surface area contributed by atoms with Crippen molar-refractivity contribution in [2.24, 2.45) is 0 Å². The zero-order valence-corrected chi connectivity index (χ0v) is 12.8. The zero-order valence-electron chi connectivity index (χ0n) is 10.4. The molecule has 3 nitrogen and oxygen atoms in total. The average molecular weight is 349 g/mol. The number of hydrogen-bond acceptors (Lipinski definition) is 2. The molecule has 0 unspecified atom stereocenters. The minimum atomic E-state index is 0.591. The van der Waals surface area contributed by atoms with Crippen LogP contribution in [0.15, 0.2) is 59.1 Å². The van der Waals surface area contributed by atoms with Gasteiger partial charge in [-0.2, -0.15) is 5.10 Å². The van der Waals surface area contributed by atoms with Crippen molar-refractivity contribution in [1.82, 2.24) is 9.78 Å². The van der Waals surface area contributed by atoms with E-state index in [0.29, 0.717) is 10.8 Å². The van der Waals surface area contributed by atoms with E-state index in [1.54, 1.807) is 4.68 Å². The number of aromatic nitrogens is 2. The third-order valence-electron chi connectivity index (χ3n) is 2.94. The molecule has 0 aliphatic heterocycles. The van der Waals surface area contributed by atoms with Gasteiger partial charge in [-0.05, 0) is 24.3 Å². The molecule has 2 N–H and O–H groups in total. The van der Waals surface area contributed by atoms with E-state index in [1.807, 2.05) is 54.6 Å². The SMILES string of the molecule is Nc1cc(-c2ccc(Cl)cc2Br)nn1-c1ccccc1. The highest BCUT2D eigenvalue weighted by Gasteiger charge is 2.11. The lowest BCUT2D eigenvalue weighted by Gasteiger charge is -2.03. The lowest BCUT2D eigenvalue weighted by Crippen LogP contribution is -2.01. The third kappa shape index (κ3) is 2.44. The number of anilines is 1. The second-order valence-corrected chi connectivity index (χ2v) is 5.62. The summed E-state index contributed by atoms with van der Waals surface area (Å²) in [6.07, 6.45) is 0. The largest absolute Gasteiger partial charge is 0.384 e. The molecule has 0 aliphatic rings. The van der Waals surface area contributed by atoms with Crippen LogP contribution in [0.5, 0.6) is 0 Å².